The van der Waals surface area contributed by atoms with Gasteiger partial charge in [0.2, 0.25) is 0 Å². The van der Waals surface area contributed by atoms with E-state index >= 15 is 0 Å². The van der Waals surface area contributed by atoms with Gasteiger partial charge < -0.3 is 0 Å². The summed E-state index contributed by atoms with van der Waals surface area (Å²) in [6, 6.07) is 20.6. The second-order valence-electron chi connectivity index (χ2n) is 6.06. The summed E-state index contributed by atoms with van der Waals surface area (Å²) in [4.78, 5) is 19.4. The van der Waals surface area contributed by atoms with E-state index in [1.54, 1.807) is 23.1 Å². The Morgan fingerprint density at radius 3 is 2.46 bits per heavy atom. The number of aliphatic imine (C=N–C) groups is 1. The summed E-state index contributed by atoms with van der Waals surface area (Å²) in [6.45, 7) is 2.00. The molecule has 3 aromatic rings. The lowest BCUT2D eigenvalue weighted by Crippen LogP contribution is -2.25. The van der Waals surface area contributed by atoms with Gasteiger partial charge in [-0.3, -0.25) is 9.69 Å². The quantitative estimate of drug-likeness (QED) is 0.528. The van der Waals surface area contributed by atoms with Gasteiger partial charge in [0.1, 0.15) is 5.71 Å². The Hall–Kier alpha value is -2.62. The lowest BCUT2D eigenvalue weighted by molar-refractivity contribution is -0.111. The minimum absolute atomic E-state index is 0.164. The molecule has 0 saturated carbocycles. The largest absolute Gasteiger partial charge is 0.282 e. The first-order valence-electron chi connectivity index (χ1n) is 8.09. The minimum Gasteiger partial charge on any atom is -0.275 e. The lowest BCUT2D eigenvalue weighted by Gasteiger charge is -2.17. The fraction of sp³-hybridized carbons (Fsp3) is 0.0476. The number of amides is 1. The predicted molar refractivity (Wildman–Crippen MR) is 107 cm³/mol. The zero-order valence-electron chi connectivity index (χ0n) is 13.9. The van der Waals surface area contributed by atoms with Crippen molar-refractivity contribution in [3.63, 3.8) is 0 Å². The van der Waals surface area contributed by atoms with E-state index < -0.39 is 0 Å². The van der Waals surface area contributed by atoms with Crippen LogP contribution in [0.2, 0.25) is 10.0 Å². The van der Waals surface area contributed by atoms with Crippen molar-refractivity contribution in [3.8, 4) is 0 Å². The number of anilines is 2. The van der Waals surface area contributed by atoms with Crippen molar-refractivity contribution in [2.75, 3.05) is 4.90 Å². The van der Waals surface area contributed by atoms with Crippen LogP contribution in [0.3, 0.4) is 0 Å². The molecular weight excluding hydrogens is 367 g/mol. The number of halogens is 2. The zero-order chi connectivity index (χ0) is 18.3. The van der Waals surface area contributed by atoms with Crippen LogP contribution in [-0.4, -0.2) is 11.6 Å². The number of para-hydroxylation sites is 1. The Kier molecular flexibility index (Phi) is 4.27. The van der Waals surface area contributed by atoms with Gasteiger partial charge in [0.25, 0.3) is 5.91 Å². The highest BCUT2D eigenvalue weighted by molar-refractivity contribution is 6.56. The van der Waals surface area contributed by atoms with Crippen LogP contribution in [0, 0.1) is 6.92 Å². The van der Waals surface area contributed by atoms with Crippen LogP contribution in [0.1, 0.15) is 11.1 Å². The number of nitrogens with zero attached hydrogens (tertiary/aromatic N) is 2. The average Bonchev–Trinajstić information content (AvgIpc) is 2.90. The normalized spacial score (nSPS) is 14.8. The van der Waals surface area contributed by atoms with Gasteiger partial charge in [-0.05, 0) is 48.9 Å². The van der Waals surface area contributed by atoms with Gasteiger partial charge in [-0.15, -0.1) is 0 Å². The first-order valence-corrected chi connectivity index (χ1v) is 8.84. The van der Waals surface area contributed by atoms with Crippen molar-refractivity contribution >= 4 is 51.9 Å². The van der Waals surface area contributed by atoms with Gasteiger partial charge in [-0.1, -0.05) is 53.5 Å². The Labute approximate surface area is 161 Å². The van der Waals surface area contributed by atoms with Gasteiger partial charge in [-0.25, -0.2) is 4.99 Å². The standard InChI is InChI=1S/C21H14Cl2N2O/c1-13-5-4-6-15(11-13)25-19-8-3-2-7-16(19)20(21(25)26)24-14-9-10-17(22)18(23)12-14/h2-12H,1H3. The topological polar surface area (TPSA) is 32.7 Å². The second-order valence-corrected chi connectivity index (χ2v) is 6.87. The molecule has 4 rings (SSSR count). The molecule has 0 aromatic heterocycles. The van der Waals surface area contributed by atoms with Crippen LogP contribution in [0.25, 0.3) is 0 Å². The summed E-state index contributed by atoms with van der Waals surface area (Å²) >= 11 is 12.1. The van der Waals surface area contributed by atoms with Crippen LogP contribution in [0.4, 0.5) is 17.1 Å². The number of benzene rings is 3. The van der Waals surface area contributed by atoms with E-state index in [2.05, 4.69) is 4.99 Å². The molecule has 0 atom stereocenters. The molecule has 26 heavy (non-hydrogen) atoms. The van der Waals surface area contributed by atoms with E-state index in [9.17, 15) is 4.79 Å². The summed E-state index contributed by atoms with van der Waals surface area (Å²) < 4.78 is 0. The lowest BCUT2D eigenvalue weighted by atomic mass is 10.1. The first-order chi connectivity index (χ1) is 12.5. The molecule has 3 nitrogen and oxygen atoms in total. The summed E-state index contributed by atoms with van der Waals surface area (Å²) in [5.41, 5.74) is 4.50. The summed E-state index contributed by atoms with van der Waals surface area (Å²) in [7, 11) is 0. The number of rotatable bonds is 2. The molecule has 5 heteroatoms. The molecule has 3 aromatic carbocycles. The highest BCUT2D eigenvalue weighted by Crippen LogP contribution is 2.37. The fourth-order valence-electron chi connectivity index (χ4n) is 3.01. The molecular formula is C21H14Cl2N2O. The number of aryl methyl sites for hydroxylation is 1. The first kappa shape index (κ1) is 16.8. The molecule has 0 spiro atoms. The van der Waals surface area contributed by atoms with Gasteiger partial charge in [0.15, 0.2) is 0 Å². The van der Waals surface area contributed by atoms with Crippen LogP contribution in [-0.2, 0) is 4.79 Å². The van der Waals surface area contributed by atoms with Crippen molar-refractivity contribution in [2.24, 2.45) is 4.99 Å². The van der Waals surface area contributed by atoms with Crippen LogP contribution in [0.15, 0.2) is 71.7 Å². The van der Waals surface area contributed by atoms with Crippen molar-refractivity contribution in [2.45, 2.75) is 6.92 Å². The third-order valence-corrected chi connectivity index (χ3v) is 4.95. The third kappa shape index (κ3) is 2.90. The smallest absolute Gasteiger partial charge is 0.275 e. The summed E-state index contributed by atoms with van der Waals surface area (Å²) in [6.07, 6.45) is 0. The highest BCUT2D eigenvalue weighted by Gasteiger charge is 2.34. The van der Waals surface area contributed by atoms with E-state index in [4.69, 9.17) is 23.2 Å². The monoisotopic (exact) mass is 380 g/mol. The molecule has 0 saturated heterocycles. The zero-order valence-corrected chi connectivity index (χ0v) is 15.4. The van der Waals surface area contributed by atoms with Gasteiger partial charge in [0.05, 0.1) is 21.4 Å². The Balaban J connectivity index is 1.86. The maximum Gasteiger partial charge on any atom is 0.282 e. The van der Waals surface area contributed by atoms with Crippen molar-refractivity contribution in [1.29, 1.82) is 0 Å². The fourth-order valence-corrected chi connectivity index (χ4v) is 3.31. The number of carbonyl (C=O) groups excluding carboxylic acids is 1. The summed E-state index contributed by atoms with van der Waals surface area (Å²) in [5.74, 6) is -0.164. The molecule has 0 bridgehead atoms. The van der Waals surface area contributed by atoms with Crippen molar-refractivity contribution in [1.82, 2.24) is 0 Å². The SMILES string of the molecule is Cc1cccc(N2C(=O)C(=Nc3ccc(Cl)c(Cl)c3)c3ccccc32)c1. The van der Waals surface area contributed by atoms with Crippen LogP contribution in [0.5, 0.6) is 0 Å². The number of fused-ring (bicyclic) bond motifs is 1. The van der Waals surface area contributed by atoms with E-state index in [0.717, 1.165) is 22.5 Å². The van der Waals surface area contributed by atoms with E-state index in [-0.39, 0.29) is 5.91 Å². The van der Waals surface area contributed by atoms with E-state index in [0.29, 0.717) is 21.4 Å². The highest BCUT2D eigenvalue weighted by atomic mass is 35.5. The van der Waals surface area contributed by atoms with E-state index in [1.807, 2.05) is 55.5 Å². The minimum atomic E-state index is -0.164. The van der Waals surface area contributed by atoms with Gasteiger partial charge in [-0.2, -0.15) is 0 Å². The molecule has 1 heterocycles. The van der Waals surface area contributed by atoms with Crippen molar-refractivity contribution in [3.05, 3.63) is 87.9 Å². The summed E-state index contributed by atoms with van der Waals surface area (Å²) in [5, 5.41) is 0.859. The van der Waals surface area contributed by atoms with Gasteiger partial charge in [0, 0.05) is 11.3 Å². The second kappa shape index (κ2) is 6.60. The van der Waals surface area contributed by atoms with Gasteiger partial charge >= 0.3 is 0 Å². The number of carbonyl (C=O) groups is 1. The van der Waals surface area contributed by atoms with E-state index in [1.165, 1.54) is 0 Å². The predicted octanol–water partition coefficient (Wildman–Crippen LogP) is 6.10. The Bertz CT molecular complexity index is 1060. The molecule has 0 N–H and O–H groups in total. The molecule has 0 fully saturated rings. The maximum atomic E-state index is 13.2. The van der Waals surface area contributed by atoms with Crippen LogP contribution < -0.4 is 4.90 Å². The Morgan fingerprint density at radius 2 is 1.69 bits per heavy atom. The number of hydrogen-bond donors (Lipinski definition) is 0. The maximum absolute atomic E-state index is 13.2. The Morgan fingerprint density at radius 1 is 0.885 bits per heavy atom. The molecule has 0 unspecified atom stereocenters. The number of hydrogen-bond acceptors (Lipinski definition) is 2. The van der Waals surface area contributed by atoms with Crippen LogP contribution >= 0.6 is 23.2 Å². The van der Waals surface area contributed by atoms with Crippen molar-refractivity contribution < 1.29 is 4.79 Å². The molecule has 0 radical (unpaired) electrons. The molecule has 1 amide bonds. The third-order valence-electron chi connectivity index (χ3n) is 4.21. The molecule has 128 valence electrons. The molecule has 1 aliphatic heterocycles. The molecule has 1 aliphatic rings. The average molecular weight is 381 g/mol. The molecule has 0 aliphatic carbocycles.